The smallest absolute Gasteiger partial charge is 0.262 e. The van der Waals surface area contributed by atoms with Crippen LogP contribution in [0.2, 0.25) is 0 Å². The van der Waals surface area contributed by atoms with Crippen molar-refractivity contribution in [2.24, 2.45) is 0 Å². The van der Waals surface area contributed by atoms with Gasteiger partial charge in [0.1, 0.15) is 4.83 Å². The van der Waals surface area contributed by atoms with E-state index < -0.39 is 0 Å². The molecule has 0 atom stereocenters. The van der Waals surface area contributed by atoms with Crippen LogP contribution in [0.1, 0.15) is 26.2 Å². The number of nitrogens with one attached hydrogen (secondary N) is 1. The van der Waals surface area contributed by atoms with E-state index in [1.807, 2.05) is 11.4 Å². The number of unbranched alkanes of at least 4 members (excludes halogenated alkanes) is 1. The van der Waals surface area contributed by atoms with E-state index in [9.17, 15) is 4.79 Å². The molecule has 0 saturated heterocycles. The maximum Gasteiger partial charge on any atom is 0.262 e. The SMILES string of the molecule is CCCNCCCCn1cnc2sccc2c1=O. The van der Waals surface area contributed by atoms with E-state index in [2.05, 4.69) is 17.2 Å². The first-order valence-corrected chi connectivity index (χ1v) is 7.34. The Morgan fingerprint density at radius 3 is 3.11 bits per heavy atom. The molecule has 0 radical (unpaired) electrons. The summed E-state index contributed by atoms with van der Waals surface area (Å²) in [6.07, 6.45) is 4.93. The fourth-order valence-corrected chi connectivity index (χ4v) is 2.61. The van der Waals surface area contributed by atoms with Crippen molar-refractivity contribution in [3.8, 4) is 0 Å². The minimum absolute atomic E-state index is 0.0859. The van der Waals surface area contributed by atoms with Gasteiger partial charge in [0.25, 0.3) is 5.56 Å². The standard InChI is InChI=1S/C13H19N3OS/c1-2-6-14-7-3-4-8-16-10-15-12-11(13(16)17)5-9-18-12/h5,9-10,14H,2-4,6-8H2,1H3. The first-order valence-electron chi connectivity index (χ1n) is 6.46. The van der Waals surface area contributed by atoms with Crippen molar-refractivity contribution in [3.63, 3.8) is 0 Å². The molecule has 0 saturated carbocycles. The number of hydrogen-bond donors (Lipinski definition) is 1. The Kier molecular flexibility index (Phi) is 4.90. The third-order valence-corrected chi connectivity index (χ3v) is 3.70. The largest absolute Gasteiger partial charge is 0.317 e. The average molecular weight is 265 g/mol. The molecule has 0 fully saturated rings. The van der Waals surface area contributed by atoms with Crippen LogP contribution in [0.25, 0.3) is 10.2 Å². The zero-order valence-electron chi connectivity index (χ0n) is 10.7. The summed E-state index contributed by atoms with van der Waals surface area (Å²) in [5.74, 6) is 0. The van der Waals surface area contributed by atoms with Crippen LogP contribution >= 0.6 is 11.3 Å². The van der Waals surface area contributed by atoms with E-state index in [0.29, 0.717) is 0 Å². The van der Waals surface area contributed by atoms with Gasteiger partial charge in [0.2, 0.25) is 0 Å². The molecular formula is C13H19N3OS. The Morgan fingerprint density at radius 2 is 2.28 bits per heavy atom. The summed E-state index contributed by atoms with van der Waals surface area (Å²) in [6, 6.07) is 1.86. The molecular weight excluding hydrogens is 246 g/mol. The summed E-state index contributed by atoms with van der Waals surface area (Å²) in [5.41, 5.74) is 0.0859. The Hall–Kier alpha value is -1.20. The second kappa shape index (κ2) is 6.66. The molecule has 0 aromatic carbocycles. The molecule has 0 aliphatic carbocycles. The molecule has 0 aliphatic heterocycles. The fourth-order valence-electron chi connectivity index (χ4n) is 1.89. The Balaban J connectivity index is 1.88. The molecule has 2 aromatic rings. The van der Waals surface area contributed by atoms with E-state index in [0.717, 1.165) is 49.1 Å². The van der Waals surface area contributed by atoms with Gasteiger partial charge in [0, 0.05) is 6.54 Å². The molecule has 4 nitrogen and oxygen atoms in total. The van der Waals surface area contributed by atoms with Crippen LogP contribution in [0.4, 0.5) is 0 Å². The van der Waals surface area contributed by atoms with E-state index in [-0.39, 0.29) is 5.56 Å². The lowest BCUT2D eigenvalue weighted by atomic mass is 10.3. The highest BCUT2D eigenvalue weighted by Gasteiger charge is 2.04. The van der Waals surface area contributed by atoms with Gasteiger partial charge in [0.15, 0.2) is 0 Å². The molecule has 1 N–H and O–H groups in total. The summed E-state index contributed by atoms with van der Waals surface area (Å²) in [4.78, 5) is 17.2. The van der Waals surface area contributed by atoms with Crippen molar-refractivity contribution < 1.29 is 0 Å². The zero-order chi connectivity index (χ0) is 12.8. The van der Waals surface area contributed by atoms with E-state index >= 15 is 0 Å². The predicted molar refractivity (Wildman–Crippen MR) is 76.3 cm³/mol. The van der Waals surface area contributed by atoms with Crippen molar-refractivity contribution >= 4 is 21.6 Å². The van der Waals surface area contributed by atoms with Gasteiger partial charge in [-0.25, -0.2) is 4.98 Å². The van der Waals surface area contributed by atoms with Crippen LogP contribution in [-0.2, 0) is 6.54 Å². The molecule has 0 spiro atoms. The third kappa shape index (κ3) is 3.17. The molecule has 2 rings (SSSR count). The summed E-state index contributed by atoms with van der Waals surface area (Å²) in [6.45, 7) is 5.01. The van der Waals surface area contributed by atoms with Crippen molar-refractivity contribution in [2.45, 2.75) is 32.7 Å². The Bertz CT molecular complexity index is 546. The van der Waals surface area contributed by atoms with E-state index in [1.54, 1.807) is 10.9 Å². The van der Waals surface area contributed by atoms with Crippen molar-refractivity contribution in [3.05, 3.63) is 28.1 Å². The van der Waals surface area contributed by atoms with Crippen LogP contribution in [0.15, 0.2) is 22.6 Å². The summed E-state index contributed by atoms with van der Waals surface area (Å²) in [7, 11) is 0. The number of aromatic nitrogens is 2. The maximum absolute atomic E-state index is 12.1. The third-order valence-electron chi connectivity index (χ3n) is 2.88. The number of thiophene rings is 1. The van der Waals surface area contributed by atoms with Crippen LogP contribution in [-0.4, -0.2) is 22.6 Å². The minimum atomic E-state index is 0.0859. The van der Waals surface area contributed by atoms with Crippen LogP contribution in [0, 0.1) is 0 Å². The molecule has 0 unspecified atom stereocenters. The molecule has 2 aromatic heterocycles. The predicted octanol–water partition coefficient (Wildman–Crippen LogP) is 2.24. The summed E-state index contributed by atoms with van der Waals surface area (Å²) >= 11 is 1.51. The maximum atomic E-state index is 12.1. The lowest BCUT2D eigenvalue weighted by molar-refractivity contribution is 0.556. The lowest BCUT2D eigenvalue weighted by Crippen LogP contribution is -2.21. The van der Waals surface area contributed by atoms with Gasteiger partial charge >= 0.3 is 0 Å². The summed E-state index contributed by atoms with van der Waals surface area (Å²) < 4.78 is 1.72. The number of rotatable bonds is 7. The Labute approximate surface area is 111 Å². The van der Waals surface area contributed by atoms with Gasteiger partial charge in [-0.2, -0.15) is 0 Å². The first kappa shape index (κ1) is 13.2. The van der Waals surface area contributed by atoms with E-state index in [4.69, 9.17) is 0 Å². The number of fused-ring (bicyclic) bond motifs is 1. The highest BCUT2D eigenvalue weighted by atomic mass is 32.1. The van der Waals surface area contributed by atoms with Crippen LogP contribution in [0.3, 0.4) is 0 Å². The average Bonchev–Trinajstić information content (AvgIpc) is 2.85. The lowest BCUT2D eigenvalue weighted by Gasteiger charge is -2.05. The van der Waals surface area contributed by atoms with Gasteiger partial charge in [-0.05, 0) is 43.8 Å². The highest BCUT2D eigenvalue weighted by Crippen LogP contribution is 2.13. The van der Waals surface area contributed by atoms with E-state index in [1.165, 1.54) is 11.3 Å². The number of nitrogens with zero attached hydrogens (tertiary/aromatic N) is 2. The fraction of sp³-hybridized carbons (Fsp3) is 0.538. The Morgan fingerprint density at radius 1 is 1.39 bits per heavy atom. The number of hydrogen-bond acceptors (Lipinski definition) is 4. The van der Waals surface area contributed by atoms with Crippen molar-refractivity contribution in [1.29, 1.82) is 0 Å². The molecule has 18 heavy (non-hydrogen) atoms. The normalized spacial score (nSPS) is 11.2. The molecule has 0 aliphatic rings. The molecule has 2 heterocycles. The zero-order valence-corrected chi connectivity index (χ0v) is 11.5. The van der Waals surface area contributed by atoms with Gasteiger partial charge < -0.3 is 5.32 Å². The first-order chi connectivity index (χ1) is 8.83. The quantitative estimate of drug-likeness (QED) is 0.781. The molecule has 0 bridgehead atoms. The van der Waals surface area contributed by atoms with Gasteiger partial charge in [-0.3, -0.25) is 9.36 Å². The van der Waals surface area contributed by atoms with Gasteiger partial charge in [0.05, 0.1) is 11.7 Å². The van der Waals surface area contributed by atoms with Crippen molar-refractivity contribution in [1.82, 2.24) is 14.9 Å². The number of aryl methyl sites for hydroxylation is 1. The molecule has 5 heteroatoms. The highest BCUT2D eigenvalue weighted by molar-refractivity contribution is 7.16. The van der Waals surface area contributed by atoms with Crippen molar-refractivity contribution in [2.75, 3.05) is 13.1 Å². The minimum Gasteiger partial charge on any atom is -0.317 e. The summed E-state index contributed by atoms with van der Waals surface area (Å²) in [5, 5.41) is 6.02. The van der Waals surface area contributed by atoms with Crippen LogP contribution < -0.4 is 10.9 Å². The molecule has 0 amide bonds. The van der Waals surface area contributed by atoms with Gasteiger partial charge in [-0.15, -0.1) is 11.3 Å². The van der Waals surface area contributed by atoms with Crippen LogP contribution in [0.5, 0.6) is 0 Å². The topological polar surface area (TPSA) is 46.9 Å². The van der Waals surface area contributed by atoms with Gasteiger partial charge in [-0.1, -0.05) is 6.92 Å². The second-order valence-electron chi connectivity index (χ2n) is 4.34. The monoisotopic (exact) mass is 265 g/mol. The second-order valence-corrected chi connectivity index (χ2v) is 5.23. The molecule has 98 valence electrons.